The molecule has 7 heteroatoms. The molecular formula is C13H19BrN2O2S2. The fourth-order valence-corrected chi connectivity index (χ4v) is 5.35. The second kappa shape index (κ2) is 6.68. The summed E-state index contributed by atoms with van der Waals surface area (Å²) in [5.74, 6) is 1.12. The Labute approximate surface area is 133 Å². The van der Waals surface area contributed by atoms with Gasteiger partial charge in [0.25, 0.3) is 0 Å². The van der Waals surface area contributed by atoms with Gasteiger partial charge in [0.2, 0.25) is 10.0 Å². The van der Waals surface area contributed by atoms with Gasteiger partial charge in [0.15, 0.2) is 0 Å². The maximum absolute atomic E-state index is 12.4. The number of nitrogen functional groups attached to an aromatic ring is 1. The van der Waals surface area contributed by atoms with Gasteiger partial charge in [-0.2, -0.15) is 11.8 Å². The second-order valence-electron chi connectivity index (χ2n) is 4.98. The second-order valence-corrected chi connectivity index (χ2v) is 8.98. The van der Waals surface area contributed by atoms with Crippen molar-refractivity contribution in [1.29, 1.82) is 0 Å². The Bertz CT molecular complexity index is 584. The number of aryl methyl sites for hydroxylation is 1. The molecular weight excluding hydrogens is 360 g/mol. The molecule has 3 N–H and O–H groups in total. The molecule has 1 unspecified atom stereocenters. The minimum atomic E-state index is -3.49. The summed E-state index contributed by atoms with van der Waals surface area (Å²) in [6.45, 7) is 2.26. The fourth-order valence-electron chi connectivity index (χ4n) is 2.21. The molecule has 2 rings (SSSR count). The van der Waals surface area contributed by atoms with Crippen LogP contribution in [0.1, 0.15) is 24.8 Å². The van der Waals surface area contributed by atoms with E-state index in [2.05, 4.69) is 20.7 Å². The fraction of sp³-hybridized carbons (Fsp3) is 0.538. The first kappa shape index (κ1) is 16.1. The highest BCUT2D eigenvalue weighted by atomic mass is 79.9. The van der Waals surface area contributed by atoms with Crippen LogP contribution in [0.3, 0.4) is 0 Å². The zero-order chi connectivity index (χ0) is 14.8. The van der Waals surface area contributed by atoms with Crippen LogP contribution in [0.15, 0.2) is 21.5 Å². The van der Waals surface area contributed by atoms with Crippen LogP contribution in [0.25, 0.3) is 0 Å². The summed E-state index contributed by atoms with van der Waals surface area (Å²) in [5, 5.41) is 0.381. The smallest absolute Gasteiger partial charge is 0.240 e. The van der Waals surface area contributed by atoms with Gasteiger partial charge in [0, 0.05) is 22.0 Å². The standard InChI is InChI=1S/C13H19BrN2O2S2/c1-9-6-11(14)12(15)7-13(9)20(17,18)16-8-10-4-2-3-5-19-10/h6-7,10,16H,2-5,8,15H2,1H3. The molecule has 1 saturated heterocycles. The molecule has 1 aliphatic rings. The van der Waals surface area contributed by atoms with E-state index in [-0.39, 0.29) is 4.90 Å². The molecule has 4 nitrogen and oxygen atoms in total. The van der Waals surface area contributed by atoms with Gasteiger partial charge < -0.3 is 5.73 Å². The Balaban J connectivity index is 2.11. The van der Waals surface area contributed by atoms with Gasteiger partial charge in [-0.3, -0.25) is 0 Å². The molecule has 20 heavy (non-hydrogen) atoms. The predicted molar refractivity (Wildman–Crippen MR) is 88.6 cm³/mol. The summed E-state index contributed by atoms with van der Waals surface area (Å²) < 4.78 is 28.2. The zero-order valence-corrected chi connectivity index (χ0v) is 14.6. The number of hydrogen-bond donors (Lipinski definition) is 2. The monoisotopic (exact) mass is 378 g/mol. The van der Waals surface area contributed by atoms with Gasteiger partial charge in [-0.1, -0.05) is 6.42 Å². The van der Waals surface area contributed by atoms with Crippen molar-refractivity contribution in [2.45, 2.75) is 36.3 Å². The third-order valence-electron chi connectivity index (χ3n) is 3.36. The van der Waals surface area contributed by atoms with Crippen molar-refractivity contribution in [3.05, 3.63) is 22.2 Å². The lowest BCUT2D eigenvalue weighted by molar-refractivity contribution is 0.573. The van der Waals surface area contributed by atoms with Gasteiger partial charge in [-0.15, -0.1) is 0 Å². The van der Waals surface area contributed by atoms with E-state index in [1.807, 2.05) is 11.8 Å². The van der Waals surface area contributed by atoms with Crippen molar-refractivity contribution >= 4 is 43.4 Å². The quantitative estimate of drug-likeness (QED) is 0.789. The molecule has 0 saturated carbocycles. The average Bonchev–Trinajstić information content (AvgIpc) is 2.42. The number of sulfonamides is 1. The number of rotatable bonds is 4. The number of benzene rings is 1. The minimum absolute atomic E-state index is 0.263. The first-order chi connectivity index (χ1) is 9.40. The Hall–Kier alpha value is -0.240. The van der Waals surface area contributed by atoms with Gasteiger partial charge in [-0.05, 0) is 59.1 Å². The lowest BCUT2D eigenvalue weighted by atomic mass is 10.2. The van der Waals surface area contributed by atoms with Crippen LogP contribution in [-0.2, 0) is 10.0 Å². The SMILES string of the molecule is Cc1cc(Br)c(N)cc1S(=O)(=O)NCC1CCCCS1. The van der Waals surface area contributed by atoms with Crippen molar-refractivity contribution in [2.24, 2.45) is 0 Å². The normalized spacial score (nSPS) is 20.0. The summed E-state index contributed by atoms with van der Waals surface area (Å²) >= 11 is 5.15. The molecule has 0 bridgehead atoms. The van der Waals surface area contributed by atoms with E-state index in [9.17, 15) is 8.42 Å². The van der Waals surface area contributed by atoms with Crippen LogP contribution in [0, 0.1) is 6.92 Å². The van der Waals surface area contributed by atoms with Crippen LogP contribution < -0.4 is 10.5 Å². The van der Waals surface area contributed by atoms with Crippen LogP contribution in [0.4, 0.5) is 5.69 Å². The molecule has 0 aliphatic carbocycles. The topological polar surface area (TPSA) is 72.2 Å². The number of nitrogens with two attached hydrogens (primary N) is 1. The van der Waals surface area contributed by atoms with E-state index >= 15 is 0 Å². The van der Waals surface area contributed by atoms with E-state index in [1.54, 1.807) is 13.0 Å². The lowest BCUT2D eigenvalue weighted by Crippen LogP contribution is -2.32. The number of thioether (sulfide) groups is 1. The van der Waals surface area contributed by atoms with Crippen LogP contribution >= 0.6 is 27.7 Å². The Kier molecular flexibility index (Phi) is 5.39. The van der Waals surface area contributed by atoms with E-state index in [1.165, 1.54) is 18.9 Å². The van der Waals surface area contributed by atoms with Crippen molar-refractivity contribution < 1.29 is 8.42 Å². The molecule has 1 heterocycles. The van der Waals surface area contributed by atoms with Crippen molar-refractivity contribution in [3.63, 3.8) is 0 Å². The third-order valence-corrected chi connectivity index (χ3v) is 7.01. The summed E-state index contributed by atoms with van der Waals surface area (Å²) in [5.41, 5.74) is 6.91. The number of halogens is 1. The van der Waals surface area contributed by atoms with Gasteiger partial charge >= 0.3 is 0 Å². The first-order valence-electron chi connectivity index (χ1n) is 6.57. The number of anilines is 1. The third kappa shape index (κ3) is 3.90. The number of nitrogens with one attached hydrogen (secondary N) is 1. The van der Waals surface area contributed by atoms with E-state index in [0.717, 1.165) is 16.6 Å². The molecule has 1 aliphatic heterocycles. The van der Waals surface area contributed by atoms with Crippen LogP contribution in [-0.4, -0.2) is 26.0 Å². The highest BCUT2D eigenvalue weighted by molar-refractivity contribution is 9.10. The minimum Gasteiger partial charge on any atom is -0.398 e. The molecule has 1 aromatic rings. The molecule has 1 aromatic carbocycles. The highest BCUT2D eigenvalue weighted by Gasteiger charge is 2.21. The van der Waals surface area contributed by atoms with E-state index in [0.29, 0.717) is 23.0 Å². The van der Waals surface area contributed by atoms with Gasteiger partial charge in [0.1, 0.15) is 0 Å². The molecule has 0 radical (unpaired) electrons. The van der Waals surface area contributed by atoms with Crippen molar-refractivity contribution in [2.75, 3.05) is 18.0 Å². The summed E-state index contributed by atoms with van der Waals surface area (Å²) in [6, 6.07) is 3.25. The number of hydrogen-bond acceptors (Lipinski definition) is 4. The lowest BCUT2D eigenvalue weighted by Gasteiger charge is -2.21. The summed E-state index contributed by atoms with van der Waals surface area (Å²) in [4.78, 5) is 0.263. The molecule has 0 amide bonds. The molecule has 112 valence electrons. The van der Waals surface area contributed by atoms with Crippen LogP contribution in [0.5, 0.6) is 0 Å². The molecule has 1 atom stereocenters. The van der Waals surface area contributed by atoms with Crippen molar-refractivity contribution in [3.8, 4) is 0 Å². The molecule has 0 spiro atoms. The van der Waals surface area contributed by atoms with Gasteiger partial charge in [0.05, 0.1) is 4.90 Å². The Morgan fingerprint density at radius 3 is 2.85 bits per heavy atom. The summed E-state index contributed by atoms with van der Waals surface area (Å²) in [7, 11) is -3.49. The zero-order valence-electron chi connectivity index (χ0n) is 11.4. The average molecular weight is 379 g/mol. The maximum atomic E-state index is 12.4. The van der Waals surface area contributed by atoms with E-state index < -0.39 is 10.0 Å². The van der Waals surface area contributed by atoms with E-state index in [4.69, 9.17) is 5.73 Å². The van der Waals surface area contributed by atoms with Gasteiger partial charge in [-0.25, -0.2) is 13.1 Å². The maximum Gasteiger partial charge on any atom is 0.240 e. The highest BCUT2D eigenvalue weighted by Crippen LogP contribution is 2.28. The predicted octanol–water partition coefficient (Wildman–Crippen LogP) is 2.90. The molecule has 1 fully saturated rings. The molecule has 0 aromatic heterocycles. The Morgan fingerprint density at radius 1 is 1.45 bits per heavy atom. The van der Waals surface area contributed by atoms with Crippen LogP contribution in [0.2, 0.25) is 0 Å². The first-order valence-corrected chi connectivity index (χ1v) is 9.89. The Morgan fingerprint density at radius 2 is 2.20 bits per heavy atom. The largest absolute Gasteiger partial charge is 0.398 e. The summed E-state index contributed by atoms with van der Waals surface area (Å²) in [6.07, 6.45) is 3.49. The van der Waals surface area contributed by atoms with Crippen molar-refractivity contribution in [1.82, 2.24) is 4.72 Å².